The van der Waals surface area contributed by atoms with E-state index in [0.29, 0.717) is 5.92 Å². The fourth-order valence-corrected chi connectivity index (χ4v) is 3.08. The zero-order valence-electron chi connectivity index (χ0n) is 17.0. The smallest absolute Gasteiger partial charge is 0.190 e. The molecule has 2 N–H and O–H groups in total. The van der Waals surface area contributed by atoms with E-state index in [1.54, 1.807) is 18.8 Å². The molecule has 0 aliphatic heterocycles. The fraction of sp³-hybridized carbons (Fsp3) is 0.833. The van der Waals surface area contributed by atoms with Gasteiger partial charge in [0.15, 0.2) is 11.1 Å². The van der Waals surface area contributed by atoms with Crippen molar-refractivity contribution in [2.45, 2.75) is 58.2 Å². The van der Waals surface area contributed by atoms with Crippen LogP contribution >= 0.6 is 11.8 Å². The molecule has 0 bridgehead atoms. The summed E-state index contributed by atoms with van der Waals surface area (Å²) in [7, 11) is 1.81. The van der Waals surface area contributed by atoms with Crippen LogP contribution in [0.4, 0.5) is 0 Å². The van der Waals surface area contributed by atoms with Gasteiger partial charge in [0.2, 0.25) is 0 Å². The number of nitrogens with one attached hydrogen (secondary N) is 2. The largest absolute Gasteiger partial charge is 0.382 e. The zero-order valence-corrected chi connectivity index (χ0v) is 17.9. The highest BCUT2D eigenvalue weighted by atomic mass is 32.2. The number of unbranched alkanes of at least 4 members (excludes halogenated alkanes) is 1. The lowest BCUT2D eigenvalue weighted by Crippen LogP contribution is -2.38. The van der Waals surface area contributed by atoms with Crippen LogP contribution in [0.3, 0.4) is 0 Å². The summed E-state index contributed by atoms with van der Waals surface area (Å²) < 4.78 is 7.59. The summed E-state index contributed by atoms with van der Waals surface area (Å²) in [5, 5.41) is 16.4. The van der Waals surface area contributed by atoms with Gasteiger partial charge in [-0.15, -0.1) is 10.2 Å². The highest BCUT2D eigenvalue weighted by Crippen LogP contribution is 2.16. The van der Waals surface area contributed by atoms with Crippen molar-refractivity contribution in [3.05, 3.63) is 5.82 Å². The van der Waals surface area contributed by atoms with Crippen LogP contribution < -0.4 is 10.6 Å². The fourth-order valence-electron chi connectivity index (χ4n) is 2.56. The summed E-state index contributed by atoms with van der Waals surface area (Å²) in [6.07, 6.45) is 6.11. The van der Waals surface area contributed by atoms with Crippen molar-refractivity contribution in [1.29, 1.82) is 0 Å². The highest BCUT2D eigenvalue weighted by Gasteiger charge is 2.12. The molecule has 0 fully saturated rings. The number of thioether (sulfide) groups is 1. The Balaban J connectivity index is 2.29. The van der Waals surface area contributed by atoms with E-state index in [2.05, 4.69) is 50.5 Å². The summed E-state index contributed by atoms with van der Waals surface area (Å²) in [6, 6.07) is 0. The van der Waals surface area contributed by atoms with Crippen LogP contribution in [-0.2, 0) is 17.7 Å². The standard InChI is InChI=1S/C18H36N6OS/c1-6-25-13-8-7-11-20-17(19-4)21-12-9-10-16-22-23-18(26-5)24(16)14-15(2)3/h15H,6-14H2,1-5H3,(H2,19,20,21). The number of guanidine groups is 1. The van der Waals surface area contributed by atoms with Crippen LogP contribution in [0.5, 0.6) is 0 Å². The normalized spacial score (nSPS) is 12.0. The Bertz CT molecular complexity index is 518. The molecule has 1 aromatic rings. The molecule has 8 heteroatoms. The van der Waals surface area contributed by atoms with E-state index in [-0.39, 0.29) is 0 Å². The molecule has 7 nitrogen and oxygen atoms in total. The summed E-state index contributed by atoms with van der Waals surface area (Å²) in [4.78, 5) is 4.27. The third-order valence-electron chi connectivity index (χ3n) is 3.83. The molecule has 0 aliphatic carbocycles. The molecule has 0 aromatic carbocycles. The molecule has 0 unspecified atom stereocenters. The molecule has 0 amide bonds. The Morgan fingerprint density at radius 3 is 2.54 bits per heavy atom. The van der Waals surface area contributed by atoms with Gasteiger partial charge in [-0.1, -0.05) is 25.6 Å². The van der Waals surface area contributed by atoms with Crippen LogP contribution in [0.15, 0.2) is 10.1 Å². The van der Waals surface area contributed by atoms with Gasteiger partial charge in [-0.25, -0.2) is 0 Å². The molecule has 0 radical (unpaired) electrons. The third-order valence-corrected chi connectivity index (χ3v) is 4.50. The van der Waals surface area contributed by atoms with Gasteiger partial charge in [0.1, 0.15) is 5.82 Å². The number of rotatable bonds is 13. The number of aryl methyl sites for hydroxylation is 1. The molecule has 0 atom stereocenters. The van der Waals surface area contributed by atoms with E-state index in [0.717, 1.165) is 75.5 Å². The van der Waals surface area contributed by atoms with Crippen LogP contribution in [0, 0.1) is 5.92 Å². The summed E-state index contributed by atoms with van der Waals surface area (Å²) in [6.45, 7) is 10.8. The van der Waals surface area contributed by atoms with Crippen LogP contribution in [-0.4, -0.2) is 60.3 Å². The van der Waals surface area contributed by atoms with Crippen molar-refractivity contribution >= 4 is 17.7 Å². The Hall–Kier alpha value is -1.28. The van der Waals surface area contributed by atoms with Gasteiger partial charge >= 0.3 is 0 Å². The molecule has 1 aromatic heterocycles. The lowest BCUT2D eigenvalue weighted by molar-refractivity contribution is 0.143. The summed E-state index contributed by atoms with van der Waals surface area (Å²) in [5.74, 6) is 2.51. The second-order valence-electron chi connectivity index (χ2n) is 6.54. The molecule has 1 heterocycles. The molecule has 0 aliphatic rings. The minimum absolute atomic E-state index is 0.583. The topological polar surface area (TPSA) is 76.4 Å². The lowest BCUT2D eigenvalue weighted by atomic mass is 10.2. The second-order valence-corrected chi connectivity index (χ2v) is 7.31. The first kappa shape index (κ1) is 22.8. The number of ether oxygens (including phenoxy) is 1. The number of nitrogens with zero attached hydrogens (tertiary/aromatic N) is 4. The quantitative estimate of drug-likeness (QED) is 0.236. The number of hydrogen-bond donors (Lipinski definition) is 2. The van der Waals surface area contributed by atoms with Crippen molar-refractivity contribution in [2.24, 2.45) is 10.9 Å². The highest BCUT2D eigenvalue weighted by molar-refractivity contribution is 7.98. The number of hydrogen-bond acceptors (Lipinski definition) is 5. The van der Waals surface area contributed by atoms with Crippen molar-refractivity contribution in [3.8, 4) is 0 Å². The molecule has 1 rings (SSSR count). The van der Waals surface area contributed by atoms with Crippen molar-refractivity contribution in [2.75, 3.05) is 39.6 Å². The van der Waals surface area contributed by atoms with E-state index >= 15 is 0 Å². The molecular weight excluding hydrogens is 348 g/mol. The average molecular weight is 385 g/mol. The van der Waals surface area contributed by atoms with Gasteiger partial charge in [-0.2, -0.15) is 0 Å². The maximum Gasteiger partial charge on any atom is 0.190 e. The van der Waals surface area contributed by atoms with Gasteiger partial charge in [-0.3, -0.25) is 4.99 Å². The Kier molecular flexibility index (Phi) is 12.1. The van der Waals surface area contributed by atoms with Gasteiger partial charge in [0.25, 0.3) is 0 Å². The Morgan fingerprint density at radius 1 is 1.19 bits per heavy atom. The maximum absolute atomic E-state index is 5.34. The molecule has 0 saturated carbocycles. The molecule has 26 heavy (non-hydrogen) atoms. The van der Waals surface area contributed by atoms with Gasteiger partial charge in [-0.05, 0) is 38.4 Å². The van der Waals surface area contributed by atoms with E-state index in [1.807, 2.05) is 6.92 Å². The minimum Gasteiger partial charge on any atom is -0.382 e. The molecule has 0 spiro atoms. The predicted octanol–water partition coefficient (Wildman–Crippen LogP) is 2.57. The minimum atomic E-state index is 0.583. The maximum atomic E-state index is 5.34. The molecule has 0 saturated heterocycles. The SMILES string of the molecule is CCOCCCCNC(=NC)NCCCc1nnc(SC)n1CC(C)C. The first-order valence-electron chi connectivity index (χ1n) is 9.60. The summed E-state index contributed by atoms with van der Waals surface area (Å²) >= 11 is 1.66. The van der Waals surface area contributed by atoms with E-state index in [9.17, 15) is 0 Å². The van der Waals surface area contributed by atoms with Crippen molar-refractivity contribution in [1.82, 2.24) is 25.4 Å². The van der Waals surface area contributed by atoms with Gasteiger partial charge < -0.3 is 19.9 Å². The Labute approximate surface area is 162 Å². The monoisotopic (exact) mass is 384 g/mol. The number of aromatic nitrogens is 3. The van der Waals surface area contributed by atoms with Crippen LogP contribution in [0.2, 0.25) is 0 Å². The first-order valence-corrected chi connectivity index (χ1v) is 10.8. The third kappa shape index (κ3) is 8.89. The lowest BCUT2D eigenvalue weighted by Gasteiger charge is -2.13. The molecular formula is C18H36N6OS. The van der Waals surface area contributed by atoms with E-state index < -0.39 is 0 Å². The Morgan fingerprint density at radius 2 is 1.92 bits per heavy atom. The van der Waals surface area contributed by atoms with E-state index in [4.69, 9.17) is 4.74 Å². The van der Waals surface area contributed by atoms with Crippen LogP contribution in [0.1, 0.15) is 45.9 Å². The second kappa shape index (κ2) is 13.9. The number of aliphatic imine (C=N–C) groups is 1. The first-order chi connectivity index (χ1) is 12.6. The van der Waals surface area contributed by atoms with Crippen molar-refractivity contribution in [3.63, 3.8) is 0 Å². The van der Waals surface area contributed by atoms with E-state index in [1.165, 1.54) is 0 Å². The predicted molar refractivity (Wildman–Crippen MR) is 110 cm³/mol. The molecule has 150 valence electrons. The summed E-state index contributed by atoms with van der Waals surface area (Å²) in [5.41, 5.74) is 0. The van der Waals surface area contributed by atoms with Crippen molar-refractivity contribution < 1.29 is 4.74 Å². The van der Waals surface area contributed by atoms with Crippen LogP contribution in [0.25, 0.3) is 0 Å². The van der Waals surface area contributed by atoms with Gasteiger partial charge in [0, 0.05) is 46.3 Å². The van der Waals surface area contributed by atoms with Gasteiger partial charge in [0.05, 0.1) is 0 Å². The average Bonchev–Trinajstić information content (AvgIpc) is 3.00. The zero-order chi connectivity index (χ0) is 19.2.